The predicted octanol–water partition coefficient (Wildman–Crippen LogP) is 6.40. The average Bonchev–Trinajstić information content (AvgIpc) is 2.89. The molecular formula is C17H30O2S. The van der Waals surface area contributed by atoms with E-state index in [2.05, 4.69) is 13.0 Å². The van der Waals surface area contributed by atoms with Gasteiger partial charge < -0.3 is 8.60 Å². The molecule has 1 heterocycles. The van der Waals surface area contributed by atoms with Gasteiger partial charge in [-0.3, -0.25) is 0 Å². The van der Waals surface area contributed by atoms with Crippen molar-refractivity contribution in [3.8, 4) is 0 Å². The number of hydrogen-bond donors (Lipinski definition) is 0. The highest BCUT2D eigenvalue weighted by atomic mass is 32.2. The summed E-state index contributed by atoms with van der Waals surface area (Å²) in [6, 6.07) is 4.05. The second kappa shape index (κ2) is 12.3. The molecule has 0 bridgehead atoms. The first kappa shape index (κ1) is 17.6. The van der Waals surface area contributed by atoms with E-state index in [1.54, 1.807) is 7.11 Å². The van der Waals surface area contributed by atoms with Crippen LogP contribution in [0.5, 0.6) is 0 Å². The van der Waals surface area contributed by atoms with Gasteiger partial charge in [0, 0.05) is 6.42 Å². The topological polar surface area (TPSA) is 22.4 Å². The molecule has 0 fully saturated rings. The Labute approximate surface area is 128 Å². The highest BCUT2D eigenvalue weighted by molar-refractivity contribution is 7.94. The van der Waals surface area contributed by atoms with Gasteiger partial charge >= 0.3 is 0 Å². The Hall–Kier alpha value is -0.410. The highest BCUT2D eigenvalue weighted by Crippen LogP contribution is 2.22. The first-order valence-electron chi connectivity index (χ1n) is 8.16. The molecule has 0 aliphatic carbocycles. The molecule has 0 saturated heterocycles. The molecule has 3 heteroatoms. The predicted molar refractivity (Wildman–Crippen MR) is 87.1 cm³/mol. The summed E-state index contributed by atoms with van der Waals surface area (Å²) in [5.41, 5.74) is 0. The summed E-state index contributed by atoms with van der Waals surface area (Å²) in [5, 5.41) is 0.856. The standard InChI is InChI=1S/C17H30O2S/c1-3-4-5-6-7-8-9-10-11-12-13-16-14-15-17(19-16)20-18-2/h14-15H,3-13H2,1-2H3. The summed E-state index contributed by atoms with van der Waals surface area (Å²) in [7, 11) is 1.66. The van der Waals surface area contributed by atoms with Crippen molar-refractivity contribution in [3.05, 3.63) is 17.9 Å². The Balaban J connectivity index is 1.89. The quantitative estimate of drug-likeness (QED) is 0.311. The van der Waals surface area contributed by atoms with Gasteiger partial charge in [-0.25, -0.2) is 0 Å². The van der Waals surface area contributed by atoms with Crippen molar-refractivity contribution in [2.45, 2.75) is 82.6 Å². The maximum Gasteiger partial charge on any atom is 0.187 e. The van der Waals surface area contributed by atoms with E-state index in [9.17, 15) is 0 Å². The van der Waals surface area contributed by atoms with Gasteiger partial charge in [0.05, 0.1) is 19.2 Å². The van der Waals surface area contributed by atoms with E-state index in [1.165, 1.54) is 76.3 Å². The fraction of sp³-hybridized carbons (Fsp3) is 0.765. The van der Waals surface area contributed by atoms with Crippen LogP contribution in [0.1, 0.15) is 76.9 Å². The minimum atomic E-state index is 0.856. The van der Waals surface area contributed by atoms with Gasteiger partial charge in [0.25, 0.3) is 0 Å². The van der Waals surface area contributed by atoms with Gasteiger partial charge in [0.2, 0.25) is 0 Å². The summed E-state index contributed by atoms with van der Waals surface area (Å²) in [6.07, 6.45) is 14.8. The van der Waals surface area contributed by atoms with Crippen LogP contribution in [0.2, 0.25) is 0 Å². The Morgan fingerprint density at radius 3 is 2.10 bits per heavy atom. The molecule has 0 amide bonds. The van der Waals surface area contributed by atoms with Crippen LogP contribution in [0.4, 0.5) is 0 Å². The summed E-state index contributed by atoms with van der Waals surface area (Å²) in [5.74, 6) is 1.09. The van der Waals surface area contributed by atoms with Gasteiger partial charge in [-0.15, -0.1) is 0 Å². The maximum atomic E-state index is 5.64. The van der Waals surface area contributed by atoms with E-state index in [0.29, 0.717) is 0 Å². The van der Waals surface area contributed by atoms with Crippen molar-refractivity contribution < 1.29 is 8.60 Å². The van der Waals surface area contributed by atoms with Gasteiger partial charge in [-0.2, -0.15) is 0 Å². The Kier molecular flexibility index (Phi) is 10.9. The minimum Gasteiger partial charge on any atom is -0.453 e. The van der Waals surface area contributed by atoms with E-state index in [0.717, 1.165) is 17.3 Å². The number of hydrogen-bond acceptors (Lipinski definition) is 3. The van der Waals surface area contributed by atoms with Gasteiger partial charge in [-0.05, 0) is 18.6 Å². The van der Waals surface area contributed by atoms with Crippen molar-refractivity contribution in [2.24, 2.45) is 0 Å². The normalized spacial score (nSPS) is 11.1. The molecule has 1 rings (SSSR count). The number of furan rings is 1. The lowest BCUT2D eigenvalue weighted by Crippen LogP contribution is -1.84. The molecule has 0 saturated carbocycles. The van der Waals surface area contributed by atoms with E-state index in [4.69, 9.17) is 8.60 Å². The number of aryl methyl sites for hydroxylation is 1. The minimum absolute atomic E-state index is 0.856. The molecule has 2 nitrogen and oxygen atoms in total. The molecule has 0 aliphatic rings. The zero-order chi connectivity index (χ0) is 14.5. The third kappa shape index (κ3) is 8.70. The lowest BCUT2D eigenvalue weighted by molar-refractivity contribution is 0.403. The van der Waals surface area contributed by atoms with Gasteiger partial charge in [0.15, 0.2) is 5.09 Å². The van der Waals surface area contributed by atoms with E-state index in [-0.39, 0.29) is 0 Å². The van der Waals surface area contributed by atoms with Crippen LogP contribution in [0.15, 0.2) is 21.6 Å². The van der Waals surface area contributed by atoms with Crippen LogP contribution in [-0.4, -0.2) is 7.11 Å². The third-order valence-electron chi connectivity index (χ3n) is 3.58. The van der Waals surface area contributed by atoms with Crippen LogP contribution >= 0.6 is 12.0 Å². The first-order chi connectivity index (χ1) is 9.86. The van der Waals surface area contributed by atoms with E-state index >= 15 is 0 Å². The number of unbranched alkanes of at least 4 members (excludes halogenated alkanes) is 9. The summed E-state index contributed by atoms with van der Waals surface area (Å²) >= 11 is 1.29. The van der Waals surface area contributed by atoms with Crippen LogP contribution < -0.4 is 0 Å². The average molecular weight is 298 g/mol. The van der Waals surface area contributed by atoms with Crippen LogP contribution in [0.25, 0.3) is 0 Å². The van der Waals surface area contributed by atoms with E-state index < -0.39 is 0 Å². The smallest absolute Gasteiger partial charge is 0.187 e. The highest BCUT2D eigenvalue weighted by Gasteiger charge is 2.02. The van der Waals surface area contributed by atoms with Crippen molar-refractivity contribution in [1.82, 2.24) is 0 Å². The van der Waals surface area contributed by atoms with Gasteiger partial charge in [0.1, 0.15) is 5.76 Å². The zero-order valence-corrected chi connectivity index (χ0v) is 14.0. The first-order valence-corrected chi connectivity index (χ1v) is 8.90. The Morgan fingerprint density at radius 1 is 0.900 bits per heavy atom. The number of rotatable bonds is 13. The van der Waals surface area contributed by atoms with Crippen LogP contribution in [-0.2, 0) is 10.6 Å². The Morgan fingerprint density at radius 2 is 1.50 bits per heavy atom. The summed E-state index contributed by atoms with van der Waals surface area (Å²) in [4.78, 5) is 0. The molecular weight excluding hydrogens is 268 g/mol. The fourth-order valence-corrected chi connectivity index (χ4v) is 2.84. The van der Waals surface area contributed by atoms with Crippen LogP contribution in [0.3, 0.4) is 0 Å². The molecule has 1 aromatic rings. The molecule has 0 aromatic carbocycles. The van der Waals surface area contributed by atoms with Gasteiger partial charge in [-0.1, -0.05) is 64.7 Å². The summed E-state index contributed by atoms with van der Waals surface area (Å²) in [6.45, 7) is 2.27. The lowest BCUT2D eigenvalue weighted by Gasteiger charge is -2.01. The second-order valence-electron chi connectivity index (χ2n) is 5.40. The van der Waals surface area contributed by atoms with Crippen LogP contribution in [0, 0.1) is 0 Å². The second-order valence-corrected chi connectivity index (χ2v) is 6.31. The maximum absolute atomic E-state index is 5.64. The molecule has 20 heavy (non-hydrogen) atoms. The lowest BCUT2D eigenvalue weighted by atomic mass is 10.1. The van der Waals surface area contributed by atoms with Crippen molar-refractivity contribution in [2.75, 3.05) is 7.11 Å². The Bertz CT molecular complexity index is 323. The van der Waals surface area contributed by atoms with Crippen molar-refractivity contribution in [3.63, 3.8) is 0 Å². The molecule has 0 unspecified atom stereocenters. The fourth-order valence-electron chi connectivity index (χ4n) is 2.41. The molecule has 0 radical (unpaired) electrons. The molecule has 0 N–H and O–H groups in total. The molecule has 116 valence electrons. The monoisotopic (exact) mass is 298 g/mol. The molecule has 0 atom stereocenters. The molecule has 0 aliphatic heterocycles. The SMILES string of the molecule is CCCCCCCCCCCCc1ccc(SOC)o1. The van der Waals surface area contributed by atoms with E-state index in [1.807, 2.05) is 6.07 Å². The van der Waals surface area contributed by atoms with Crippen molar-refractivity contribution in [1.29, 1.82) is 0 Å². The zero-order valence-electron chi connectivity index (χ0n) is 13.2. The summed E-state index contributed by atoms with van der Waals surface area (Å²) < 4.78 is 10.6. The largest absolute Gasteiger partial charge is 0.453 e. The third-order valence-corrected chi connectivity index (χ3v) is 4.13. The van der Waals surface area contributed by atoms with Crippen molar-refractivity contribution >= 4 is 12.0 Å². The molecule has 0 spiro atoms. The molecule has 1 aromatic heterocycles.